The monoisotopic (exact) mass is 246 g/mol. The molecule has 1 amide bonds. The first-order chi connectivity index (χ1) is 8.66. The molecule has 0 N–H and O–H groups in total. The van der Waals surface area contributed by atoms with Gasteiger partial charge in [-0.15, -0.1) is 0 Å². The Labute approximate surface area is 106 Å². The number of aryl methyl sites for hydroxylation is 1. The van der Waals surface area contributed by atoms with E-state index in [1.54, 1.807) is 25.4 Å². The van der Waals surface area contributed by atoms with Gasteiger partial charge in [-0.2, -0.15) is 0 Å². The highest BCUT2D eigenvalue weighted by Crippen LogP contribution is 2.37. The highest BCUT2D eigenvalue weighted by molar-refractivity contribution is 5.94. The van der Waals surface area contributed by atoms with Gasteiger partial charge >= 0.3 is 0 Å². The molecule has 0 spiro atoms. The minimum atomic E-state index is -0.195. The van der Waals surface area contributed by atoms with E-state index >= 15 is 0 Å². The molecule has 2 unspecified atom stereocenters. The van der Waals surface area contributed by atoms with E-state index in [-0.39, 0.29) is 11.5 Å². The number of amides is 1. The number of fused-ring (bicyclic) bond motifs is 1. The maximum atomic E-state index is 12.4. The number of likely N-dealkylation sites (tertiary alicyclic amines) is 1. The van der Waals surface area contributed by atoms with Gasteiger partial charge in [0.25, 0.3) is 11.5 Å². The third-order valence-corrected chi connectivity index (χ3v) is 4.37. The first-order valence-corrected chi connectivity index (χ1v) is 6.61. The second-order valence-corrected chi connectivity index (χ2v) is 5.50. The van der Waals surface area contributed by atoms with Crippen LogP contribution in [0.2, 0.25) is 0 Å². The van der Waals surface area contributed by atoms with E-state index in [0.717, 1.165) is 13.1 Å². The van der Waals surface area contributed by atoms with Crippen LogP contribution in [0.4, 0.5) is 0 Å². The van der Waals surface area contributed by atoms with Crippen molar-refractivity contribution in [3.63, 3.8) is 0 Å². The van der Waals surface area contributed by atoms with Gasteiger partial charge in [0.15, 0.2) is 0 Å². The lowest BCUT2D eigenvalue weighted by molar-refractivity contribution is 0.0778. The second kappa shape index (κ2) is 4.26. The number of pyridine rings is 1. The van der Waals surface area contributed by atoms with Gasteiger partial charge in [0.2, 0.25) is 0 Å². The molecular formula is C14H18N2O2. The number of rotatable bonds is 1. The standard InChI is InChI=1S/C14H18N2O2/c1-15-7-3-6-12(13(15)17)14(18)16-8-10-4-2-5-11(10)9-16/h3,6-7,10-11H,2,4-5,8-9H2,1H3. The van der Waals surface area contributed by atoms with Crippen LogP contribution >= 0.6 is 0 Å². The minimum absolute atomic E-state index is 0.0920. The van der Waals surface area contributed by atoms with Crippen molar-refractivity contribution >= 4 is 5.91 Å². The normalized spacial score (nSPS) is 26.4. The quantitative estimate of drug-likeness (QED) is 0.748. The molecule has 1 saturated heterocycles. The Morgan fingerprint density at radius 3 is 2.61 bits per heavy atom. The lowest BCUT2D eigenvalue weighted by Gasteiger charge is -2.17. The number of hydrogen-bond acceptors (Lipinski definition) is 2. The fraction of sp³-hybridized carbons (Fsp3) is 0.571. The zero-order chi connectivity index (χ0) is 12.7. The summed E-state index contributed by atoms with van der Waals surface area (Å²) < 4.78 is 1.46. The summed E-state index contributed by atoms with van der Waals surface area (Å²) >= 11 is 0. The first kappa shape index (κ1) is 11.5. The topological polar surface area (TPSA) is 42.3 Å². The zero-order valence-corrected chi connectivity index (χ0v) is 10.6. The van der Waals surface area contributed by atoms with E-state index in [9.17, 15) is 9.59 Å². The third-order valence-electron chi connectivity index (χ3n) is 4.37. The molecule has 1 saturated carbocycles. The molecule has 4 nitrogen and oxygen atoms in total. The molecule has 0 radical (unpaired) electrons. The summed E-state index contributed by atoms with van der Waals surface area (Å²) in [4.78, 5) is 26.2. The molecule has 3 rings (SSSR count). The van der Waals surface area contributed by atoms with Gasteiger partial charge in [-0.25, -0.2) is 0 Å². The number of aromatic nitrogens is 1. The molecule has 0 bridgehead atoms. The fourth-order valence-electron chi connectivity index (χ4n) is 3.33. The Hall–Kier alpha value is -1.58. The Kier molecular flexibility index (Phi) is 2.73. The summed E-state index contributed by atoms with van der Waals surface area (Å²) in [6.07, 6.45) is 5.45. The van der Waals surface area contributed by atoms with Crippen molar-refractivity contribution < 1.29 is 4.79 Å². The smallest absolute Gasteiger partial charge is 0.263 e. The summed E-state index contributed by atoms with van der Waals surface area (Å²) in [5, 5.41) is 0. The highest BCUT2D eigenvalue weighted by atomic mass is 16.2. The van der Waals surface area contributed by atoms with E-state index in [1.807, 2.05) is 4.90 Å². The molecule has 1 aliphatic carbocycles. The molecular weight excluding hydrogens is 228 g/mol. The maximum Gasteiger partial charge on any atom is 0.263 e. The van der Waals surface area contributed by atoms with Gasteiger partial charge in [0.1, 0.15) is 5.56 Å². The predicted molar refractivity (Wildman–Crippen MR) is 68.4 cm³/mol. The van der Waals surface area contributed by atoms with Crippen LogP contribution in [-0.2, 0) is 7.05 Å². The Bertz CT molecular complexity index is 523. The van der Waals surface area contributed by atoms with E-state index in [4.69, 9.17) is 0 Å². The molecule has 4 heteroatoms. The van der Waals surface area contributed by atoms with Crippen molar-refractivity contribution in [3.05, 3.63) is 34.2 Å². The van der Waals surface area contributed by atoms with Crippen LogP contribution < -0.4 is 5.56 Å². The number of nitrogens with zero attached hydrogens (tertiary/aromatic N) is 2. The lowest BCUT2D eigenvalue weighted by Crippen LogP contribution is -2.35. The van der Waals surface area contributed by atoms with Crippen molar-refractivity contribution in [3.8, 4) is 0 Å². The molecule has 1 aromatic rings. The van der Waals surface area contributed by atoms with E-state index in [0.29, 0.717) is 17.4 Å². The Morgan fingerprint density at radius 2 is 1.94 bits per heavy atom. The van der Waals surface area contributed by atoms with Gasteiger partial charge in [0, 0.05) is 26.3 Å². The largest absolute Gasteiger partial charge is 0.338 e. The maximum absolute atomic E-state index is 12.4. The van der Waals surface area contributed by atoms with Crippen LogP contribution in [0.3, 0.4) is 0 Å². The van der Waals surface area contributed by atoms with Crippen molar-refractivity contribution in [1.82, 2.24) is 9.47 Å². The van der Waals surface area contributed by atoms with Crippen LogP contribution in [0.15, 0.2) is 23.1 Å². The summed E-state index contributed by atoms with van der Waals surface area (Å²) in [7, 11) is 1.68. The van der Waals surface area contributed by atoms with Gasteiger partial charge in [-0.3, -0.25) is 9.59 Å². The fourth-order valence-corrected chi connectivity index (χ4v) is 3.33. The number of hydrogen-bond donors (Lipinski definition) is 0. The summed E-state index contributed by atoms with van der Waals surface area (Å²) in [5.41, 5.74) is 0.111. The molecule has 96 valence electrons. The molecule has 18 heavy (non-hydrogen) atoms. The number of carbonyl (C=O) groups is 1. The van der Waals surface area contributed by atoms with Crippen LogP contribution in [0.5, 0.6) is 0 Å². The molecule has 2 fully saturated rings. The minimum Gasteiger partial charge on any atom is -0.338 e. The molecule has 2 heterocycles. The molecule has 0 aromatic carbocycles. The van der Waals surface area contributed by atoms with Crippen molar-refractivity contribution in [2.24, 2.45) is 18.9 Å². The van der Waals surface area contributed by atoms with Gasteiger partial charge in [-0.1, -0.05) is 6.42 Å². The molecule has 2 aliphatic rings. The van der Waals surface area contributed by atoms with E-state index in [2.05, 4.69) is 0 Å². The van der Waals surface area contributed by atoms with Gasteiger partial charge in [-0.05, 0) is 36.8 Å². The summed E-state index contributed by atoms with van der Waals surface area (Å²) in [6.45, 7) is 1.67. The van der Waals surface area contributed by atoms with Crippen LogP contribution in [0.25, 0.3) is 0 Å². The molecule has 1 aliphatic heterocycles. The van der Waals surface area contributed by atoms with Gasteiger partial charge < -0.3 is 9.47 Å². The molecule has 1 aromatic heterocycles. The third kappa shape index (κ3) is 1.76. The van der Waals surface area contributed by atoms with E-state index in [1.165, 1.54) is 23.8 Å². The van der Waals surface area contributed by atoms with Crippen LogP contribution in [0.1, 0.15) is 29.6 Å². The van der Waals surface area contributed by atoms with Crippen molar-refractivity contribution in [1.29, 1.82) is 0 Å². The average Bonchev–Trinajstić information content (AvgIpc) is 2.92. The average molecular weight is 246 g/mol. The Balaban J connectivity index is 1.83. The lowest BCUT2D eigenvalue weighted by atomic mass is 10.0. The summed E-state index contributed by atoms with van der Waals surface area (Å²) in [5.74, 6) is 1.24. The van der Waals surface area contributed by atoms with Crippen molar-refractivity contribution in [2.75, 3.05) is 13.1 Å². The first-order valence-electron chi connectivity index (χ1n) is 6.61. The SMILES string of the molecule is Cn1cccc(C(=O)N2CC3CCCC3C2)c1=O. The summed E-state index contributed by atoms with van der Waals surface area (Å²) in [6, 6.07) is 3.39. The highest BCUT2D eigenvalue weighted by Gasteiger charge is 2.38. The predicted octanol–water partition coefficient (Wildman–Crippen LogP) is 1.26. The molecule has 2 atom stereocenters. The Morgan fingerprint density at radius 1 is 1.28 bits per heavy atom. The van der Waals surface area contributed by atoms with Crippen LogP contribution in [0, 0.1) is 11.8 Å². The van der Waals surface area contributed by atoms with Crippen LogP contribution in [-0.4, -0.2) is 28.5 Å². The van der Waals surface area contributed by atoms with E-state index < -0.39 is 0 Å². The number of carbonyl (C=O) groups excluding carboxylic acids is 1. The zero-order valence-electron chi connectivity index (χ0n) is 10.6. The van der Waals surface area contributed by atoms with Crippen molar-refractivity contribution in [2.45, 2.75) is 19.3 Å². The second-order valence-electron chi connectivity index (χ2n) is 5.50. The van der Waals surface area contributed by atoms with Gasteiger partial charge in [0.05, 0.1) is 0 Å².